The van der Waals surface area contributed by atoms with Gasteiger partial charge < -0.3 is 4.74 Å². The average molecular weight is 208 g/mol. The maximum atomic E-state index is 6.12. The molecule has 15 heavy (non-hydrogen) atoms. The Morgan fingerprint density at radius 3 is 2.67 bits per heavy atom. The Morgan fingerprint density at radius 2 is 2.00 bits per heavy atom. The minimum atomic E-state index is 0.0921. The molecule has 86 valence electrons. The van der Waals surface area contributed by atoms with Crippen molar-refractivity contribution in [3.63, 3.8) is 0 Å². The number of allylic oxidation sites excluding steroid dienone is 2. The summed E-state index contributed by atoms with van der Waals surface area (Å²) in [6.45, 7) is 11.6. The lowest BCUT2D eigenvalue weighted by atomic mass is 9.56. The van der Waals surface area contributed by atoms with Crippen molar-refractivity contribution in [1.82, 2.24) is 0 Å². The third-order valence-corrected chi connectivity index (χ3v) is 5.01. The molecule has 1 fully saturated rings. The van der Waals surface area contributed by atoms with Crippen molar-refractivity contribution in [2.75, 3.05) is 0 Å². The van der Waals surface area contributed by atoms with Crippen molar-refractivity contribution in [2.45, 2.75) is 59.5 Å². The zero-order chi connectivity index (χ0) is 11.3. The van der Waals surface area contributed by atoms with Crippen molar-refractivity contribution in [3.05, 3.63) is 11.8 Å². The third-order valence-electron chi connectivity index (χ3n) is 5.01. The first-order valence-electron chi connectivity index (χ1n) is 6.22. The van der Waals surface area contributed by atoms with Gasteiger partial charge in [0.25, 0.3) is 0 Å². The molecule has 1 heterocycles. The molecule has 0 bridgehead atoms. The first kappa shape index (κ1) is 11.0. The minimum absolute atomic E-state index is 0.0921. The smallest absolute Gasteiger partial charge is 0.109 e. The normalized spacial score (nSPS) is 43.9. The van der Waals surface area contributed by atoms with E-state index in [4.69, 9.17) is 4.74 Å². The molecular formula is C14H24O. The molecule has 2 aliphatic rings. The summed E-state index contributed by atoms with van der Waals surface area (Å²) in [6.07, 6.45) is 5.98. The van der Waals surface area contributed by atoms with Gasteiger partial charge in [0, 0.05) is 5.92 Å². The Bertz CT molecular complexity index is 290. The van der Waals surface area contributed by atoms with E-state index in [0.717, 1.165) is 11.7 Å². The highest BCUT2D eigenvalue weighted by atomic mass is 16.5. The van der Waals surface area contributed by atoms with E-state index in [9.17, 15) is 0 Å². The summed E-state index contributed by atoms with van der Waals surface area (Å²) in [4.78, 5) is 0. The first-order valence-corrected chi connectivity index (χ1v) is 6.22. The fourth-order valence-electron chi connectivity index (χ4n) is 3.55. The summed E-state index contributed by atoms with van der Waals surface area (Å²) >= 11 is 0. The number of hydrogen-bond acceptors (Lipinski definition) is 1. The van der Waals surface area contributed by atoms with Gasteiger partial charge in [0.05, 0.1) is 5.76 Å². The first-order chi connectivity index (χ1) is 6.86. The number of rotatable bonds is 0. The van der Waals surface area contributed by atoms with Gasteiger partial charge in [0.2, 0.25) is 0 Å². The number of ether oxygens (including phenoxy) is 1. The van der Waals surface area contributed by atoms with Crippen LogP contribution in [-0.2, 0) is 4.74 Å². The van der Waals surface area contributed by atoms with Crippen LogP contribution >= 0.6 is 0 Å². The van der Waals surface area contributed by atoms with Crippen molar-refractivity contribution in [3.8, 4) is 0 Å². The highest BCUT2D eigenvalue weighted by Gasteiger charge is 2.51. The molecule has 1 heteroatoms. The van der Waals surface area contributed by atoms with E-state index >= 15 is 0 Å². The van der Waals surface area contributed by atoms with Crippen LogP contribution in [0.3, 0.4) is 0 Å². The lowest BCUT2D eigenvalue weighted by molar-refractivity contribution is -0.135. The number of hydrogen-bond donors (Lipinski definition) is 0. The van der Waals surface area contributed by atoms with Crippen LogP contribution < -0.4 is 0 Å². The van der Waals surface area contributed by atoms with Crippen LogP contribution in [0.1, 0.15) is 53.9 Å². The molecule has 3 unspecified atom stereocenters. The molecule has 0 spiro atoms. The van der Waals surface area contributed by atoms with E-state index in [1.54, 1.807) is 0 Å². The van der Waals surface area contributed by atoms with Crippen LogP contribution in [0.15, 0.2) is 11.8 Å². The Kier molecular flexibility index (Phi) is 2.40. The molecule has 1 saturated carbocycles. The lowest BCUT2D eigenvalue weighted by Gasteiger charge is -2.55. The predicted octanol–water partition coefficient (Wildman–Crippen LogP) is 4.14. The Labute approximate surface area is 93.9 Å². The molecule has 1 aliphatic carbocycles. The molecular weight excluding hydrogens is 184 g/mol. The Balaban J connectivity index is 2.33. The van der Waals surface area contributed by atoms with Crippen molar-refractivity contribution in [1.29, 1.82) is 0 Å². The highest BCUT2D eigenvalue weighted by molar-refractivity contribution is 5.09. The zero-order valence-electron chi connectivity index (χ0n) is 10.8. The summed E-state index contributed by atoms with van der Waals surface area (Å²) in [6, 6.07) is 0. The molecule has 0 saturated heterocycles. The largest absolute Gasteiger partial charge is 0.492 e. The topological polar surface area (TPSA) is 9.23 Å². The van der Waals surface area contributed by atoms with Gasteiger partial charge >= 0.3 is 0 Å². The quantitative estimate of drug-likeness (QED) is 0.581. The van der Waals surface area contributed by atoms with Crippen molar-refractivity contribution in [2.24, 2.45) is 17.3 Å². The van der Waals surface area contributed by atoms with E-state index in [-0.39, 0.29) is 5.60 Å². The van der Waals surface area contributed by atoms with Gasteiger partial charge in [-0.15, -0.1) is 0 Å². The fourth-order valence-corrected chi connectivity index (χ4v) is 3.55. The standard InChI is InChI=1S/C14H24O/c1-10-8-9-14(5)12(13(10,3)4)7-6-11(2)15-14/h6,10,12H,7-9H2,1-5H3. The van der Waals surface area contributed by atoms with E-state index < -0.39 is 0 Å². The van der Waals surface area contributed by atoms with Crippen molar-refractivity contribution >= 4 is 0 Å². The molecule has 0 N–H and O–H groups in total. The molecule has 0 aromatic rings. The SMILES string of the molecule is CC1=CCC2C(C)(CCC(C)C2(C)C)O1. The highest BCUT2D eigenvalue weighted by Crippen LogP contribution is 2.54. The van der Waals surface area contributed by atoms with E-state index in [1.165, 1.54) is 19.3 Å². The van der Waals surface area contributed by atoms with Gasteiger partial charge in [-0.2, -0.15) is 0 Å². The van der Waals surface area contributed by atoms with E-state index in [0.29, 0.717) is 11.3 Å². The van der Waals surface area contributed by atoms with E-state index in [2.05, 4.69) is 40.7 Å². The van der Waals surface area contributed by atoms with Gasteiger partial charge in [0.15, 0.2) is 0 Å². The summed E-state index contributed by atoms with van der Waals surface area (Å²) in [5.41, 5.74) is 0.499. The van der Waals surface area contributed by atoms with Crippen LogP contribution in [0.4, 0.5) is 0 Å². The van der Waals surface area contributed by atoms with Gasteiger partial charge in [0.1, 0.15) is 5.60 Å². The molecule has 3 atom stereocenters. The van der Waals surface area contributed by atoms with Crippen LogP contribution in [0.2, 0.25) is 0 Å². The maximum absolute atomic E-state index is 6.12. The second-order valence-electron chi connectivity index (χ2n) is 6.28. The van der Waals surface area contributed by atoms with Gasteiger partial charge in [-0.05, 0) is 50.5 Å². The van der Waals surface area contributed by atoms with Crippen LogP contribution in [0, 0.1) is 17.3 Å². The van der Waals surface area contributed by atoms with Crippen LogP contribution in [0.25, 0.3) is 0 Å². The monoisotopic (exact) mass is 208 g/mol. The third kappa shape index (κ3) is 1.60. The molecule has 0 aromatic heterocycles. The van der Waals surface area contributed by atoms with Gasteiger partial charge in [-0.1, -0.05) is 20.8 Å². The fraction of sp³-hybridized carbons (Fsp3) is 0.857. The molecule has 0 aromatic carbocycles. The lowest BCUT2D eigenvalue weighted by Crippen LogP contribution is -2.52. The predicted molar refractivity (Wildman–Crippen MR) is 63.5 cm³/mol. The number of fused-ring (bicyclic) bond motifs is 1. The summed E-state index contributed by atoms with van der Waals surface area (Å²) in [5, 5.41) is 0. The molecule has 0 amide bonds. The summed E-state index contributed by atoms with van der Waals surface area (Å²) in [5.74, 6) is 2.61. The van der Waals surface area contributed by atoms with E-state index in [1.807, 2.05) is 0 Å². The Morgan fingerprint density at radius 1 is 1.33 bits per heavy atom. The maximum Gasteiger partial charge on any atom is 0.109 e. The Hall–Kier alpha value is -0.460. The van der Waals surface area contributed by atoms with Crippen LogP contribution in [0.5, 0.6) is 0 Å². The minimum Gasteiger partial charge on any atom is -0.492 e. The summed E-state index contributed by atoms with van der Waals surface area (Å²) < 4.78 is 6.12. The zero-order valence-corrected chi connectivity index (χ0v) is 10.8. The van der Waals surface area contributed by atoms with Crippen molar-refractivity contribution < 1.29 is 4.74 Å². The second-order valence-corrected chi connectivity index (χ2v) is 6.28. The van der Waals surface area contributed by atoms with Gasteiger partial charge in [-0.3, -0.25) is 0 Å². The molecule has 1 aliphatic heterocycles. The van der Waals surface area contributed by atoms with Gasteiger partial charge in [-0.25, -0.2) is 0 Å². The molecule has 1 nitrogen and oxygen atoms in total. The average Bonchev–Trinajstić information content (AvgIpc) is 2.11. The second kappa shape index (κ2) is 3.26. The molecule has 0 radical (unpaired) electrons. The van der Waals surface area contributed by atoms with Crippen LogP contribution in [-0.4, -0.2) is 5.60 Å². The molecule has 2 rings (SSSR count). The summed E-state index contributed by atoms with van der Waals surface area (Å²) in [7, 11) is 0.